The van der Waals surface area contributed by atoms with Gasteiger partial charge in [-0.25, -0.2) is 0 Å². The number of nitrogens with zero attached hydrogens (tertiary/aromatic N) is 1. The molecule has 27 heavy (non-hydrogen) atoms. The molecule has 2 aliphatic rings. The lowest BCUT2D eigenvalue weighted by Gasteiger charge is -2.33. The molecule has 2 unspecified atom stereocenters. The molecule has 0 spiro atoms. The Balaban J connectivity index is 0.00000364. The van der Waals surface area contributed by atoms with Crippen molar-refractivity contribution in [3.63, 3.8) is 0 Å². The zero-order valence-electron chi connectivity index (χ0n) is 16.6. The van der Waals surface area contributed by atoms with Gasteiger partial charge in [0, 0.05) is 38.5 Å². The van der Waals surface area contributed by atoms with Crippen LogP contribution in [0, 0.1) is 5.92 Å². The summed E-state index contributed by atoms with van der Waals surface area (Å²) >= 11 is 0. The van der Waals surface area contributed by atoms with E-state index in [2.05, 4.69) is 16.0 Å². The molecule has 2 aliphatic heterocycles. The zero-order valence-corrected chi connectivity index (χ0v) is 17.4. The van der Waals surface area contributed by atoms with Gasteiger partial charge in [0.15, 0.2) is 0 Å². The second-order valence-corrected chi connectivity index (χ2v) is 7.82. The minimum atomic E-state index is -0.0479. The van der Waals surface area contributed by atoms with E-state index in [1.807, 2.05) is 18.7 Å². The molecule has 7 nitrogen and oxygen atoms in total. The third-order valence-corrected chi connectivity index (χ3v) is 5.06. The first kappa shape index (κ1) is 23.7. The topological polar surface area (TPSA) is 90.5 Å². The Hall–Kier alpha value is -1.34. The molecule has 3 N–H and O–H groups in total. The van der Waals surface area contributed by atoms with Crippen LogP contribution in [0.1, 0.15) is 58.8 Å². The van der Waals surface area contributed by atoms with Gasteiger partial charge in [0.1, 0.15) is 0 Å². The standard InChI is InChI=1S/C19H34N4O3.ClH/c1-14(2)22-17(24)8-3-9-18(25)23-11-5-6-15(13-23)12-21-19(26)16-7-4-10-20-16;/h14-16,20H,3-13H2,1-2H3,(H,21,26)(H,22,24);1H. The Morgan fingerprint density at radius 2 is 1.93 bits per heavy atom. The normalized spacial score (nSPS) is 22.3. The van der Waals surface area contributed by atoms with E-state index in [1.165, 1.54) is 0 Å². The molecule has 0 saturated carbocycles. The number of piperidine rings is 1. The summed E-state index contributed by atoms with van der Waals surface area (Å²) in [6.45, 7) is 6.90. The maximum atomic E-state index is 12.4. The van der Waals surface area contributed by atoms with Crippen molar-refractivity contribution in [2.24, 2.45) is 5.92 Å². The highest BCUT2D eigenvalue weighted by molar-refractivity contribution is 5.85. The van der Waals surface area contributed by atoms with Gasteiger partial charge < -0.3 is 20.9 Å². The third-order valence-electron chi connectivity index (χ3n) is 5.06. The van der Waals surface area contributed by atoms with Gasteiger partial charge in [-0.3, -0.25) is 14.4 Å². The molecule has 2 heterocycles. The van der Waals surface area contributed by atoms with Gasteiger partial charge in [-0.1, -0.05) is 0 Å². The molecule has 0 aliphatic carbocycles. The van der Waals surface area contributed by atoms with Gasteiger partial charge in [-0.2, -0.15) is 0 Å². The number of nitrogens with one attached hydrogen (secondary N) is 3. The molecule has 2 rings (SSSR count). The van der Waals surface area contributed by atoms with Crippen molar-refractivity contribution < 1.29 is 14.4 Å². The van der Waals surface area contributed by atoms with Gasteiger partial charge in [0.2, 0.25) is 17.7 Å². The van der Waals surface area contributed by atoms with Gasteiger partial charge >= 0.3 is 0 Å². The highest BCUT2D eigenvalue weighted by atomic mass is 35.5. The van der Waals surface area contributed by atoms with Gasteiger partial charge in [0.25, 0.3) is 0 Å². The van der Waals surface area contributed by atoms with E-state index in [-0.39, 0.29) is 42.2 Å². The lowest BCUT2D eigenvalue weighted by molar-refractivity contribution is -0.133. The summed E-state index contributed by atoms with van der Waals surface area (Å²) in [5.41, 5.74) is 0. The maximum absolute atomic E-state index is 12.4. The molecule has 2 fully saturated rings. The fourth-order valence-corrected chi connectivity index (χ4v) is 3.69. The van der Waals surface area contributed by atoms with Crippen LogP contribution >= 0.6 is 12.4 Å². The molecule has 0 aromatic heterocycles. The minimum absolute atomic E-state index is 0. The molecule has 8 heteroatoms. The van der Waals surface area contributed by atoms with Crippen LogP contribution in [0.5, 0.6) is 0 Å². The van der Waals surface area contributed by atoms with E-state index in [0.29, 0.717) is 38.3 Å². The van der Waals surface area contributed by atoms with Gasteiger partial charge in [0.05, 0.1) is 6.04 Å². The fourth-order valence-electron chi connectivity index (χ4n) is 3.69. The summed E-state index contributed by atoms with van der Waals surface area (Å²) in [6, 6.07) is 0.0870. The maximum Gasteiger partial charge on any atom is 0.237 e. The van der Waals surface area contributed by atoms with Crippen molar-refractivity contribution in [3.8, 4) is 0 Å². The number of rotatable bonds is 8. The quantitative estimate of drug-likeness (QED) is 0.569. The smallest absolute Gasteiger partial charge is 0.237 e. The number of likely N-dealkylation sites (tertiary alicyclic amines) is 1. The average Bonchev–Trinajstić information content (AvgIpc) is 3.14. The van der Waals surface area contributed by atoms with Crippen molar-refractivity contribution in [3.05, 3.63) is 0 Å². The van der Waals surface area contributed by atoms with Crippen LogP contribution in [-0.4, -0.2) is 60.9 Å². The van der Waals surface area contributed by atoms with Crippen LogP contribution in [0.4, 0.5) is 0 Å². The van der Waals surface area contributed by atoms with Crippen LogP contribution in [0.2, 0.25) is 0 Å². The monoisotopic (exact) mass is 402 g/mol. The summed E-state index contributed by atoms with van der Waals surface area (Å²) in [5.74, 6) is 0.535. The van der Waals surface area contributed by atoms with Crippen LogP contribution in [0.15, 0.2) is 0 Å². The molecule has 2 atom stereocenters. The van der Waals surface area contributed by atoms with Crippen molar-refractivity contribution in [1.82, 2.24) is 20.9 Å². The first-order chi connectivity index (χ1) is 12.5. The van der Waals surface area contributed by atoms with E-state index < -0.39 is 0 Å². The van der Waals surface area contributed by atoms with E-state index >= 15 is 0 Å². The SMILES string of the molecule is CC(C)NC(=O)CCCC(=O)N1CCCC(CNC(=O)C2CCCN2)C1.Cl. The van der Waals surface area contributed by atoms with Crippen LogP contribution in [0.25, 0.3) is 0 Å². The summed E-state index contributed by atoms with van der Waals surface area (Å²) < 4.78 is 0. The molecule has 0 aromatic carbocycles. The lowest BCUT2D eigenvalue weighted by Crippen LogP contribution is -2.46. The fraction of sp³-hybridized carbons (Fsp3) is 0.842. The van der Waals surface area contributed by atoms with Crippen LogP contribution in [-0.2, 0) is 14.4 Å². The first-order valence-corrected chi connectivity index (χ1v) is 10.0. The Morgan fingerprint density at radius 1 is 1.15 bits per heavy atom. The van der Waals surface area contributed by atoms with Crippen LogP contribution < -0.4 is 16.0 Å². The number of amides is 3. The summed E-state index contributed by atoms with van der Waals surface area (Å²) in [4.78, 5) is 38.0. The Kier molecular flexibility index (Phi) is 10.7. The minimum Gasteiger partial charge on any atom is -0.354 e. The van der Waals surface area contributed by atoms with Crippen molar-refractivity contribution in [1.29, 1.82) is 0 Å². The predicted molar refractivity (Wildman–Crippen MR) is 108 cm³/mol. The van der Waals surface area contributed by atoms with Crippen molar-refractivity contribution >= 4 is 30.1 Å². The molecule has 0 aromatic rings. The van der Waals surface area contributed by atoms with E-state index in [1.54, 1.807) is 0 Å². The average molecular weight is 403 g/mol. The largest absolute Gasteiger partial charge is 0.354 e. The van der Waals surface area contributed by atoms with Crippen LogP contribution in [0.3, 0.4) is 0 Å². The second kappa shape index (κ2) is 12.2. The number of carbonyl (C=O) groups is 3. The zero-order chi connectivity index (χ0) is 18.9. The molecule has 2 saturated heterocycles. The van der Waals surface area contributed by atoms with Gasteiger partial charge in [-0.15, -0.1) is 12.4 Å². The number of hydrogen-bond acceptors (Lipinski definition) is 4. The molecular weight excluding hydrogens is 368 g/mol. The highest BCUT2D eigenvalue weighted by Gasteiger charge is 2.26. The van der Waals surface area contributed by atoms with E-state index in [4.69, 9.17) is 0 Å². The lowest BCUT2D eigenvalue weighted by atomic mass is 9.97. The number of carbonyl (C=O) groups excluding carboxylic acids is 3. The molecule has 3 amide bonds. The molecular formula is C19H35ClN4O3. The van der Waals surface area contributed by atoms with E-state index in [0.717, 1.165) is 38.8 Å². The first-order valence-electron chi connectivity index (χ1n) is 10.0. The summed E-state index contributed by atoms with van der Waals surface area (Å²) in [6.07, 6.45) is 5.37. The summed E-state index contributed by atoms with van der Waals surface area (Å²) in [5, 5.41) is 9.09. The second-order valence-electron chi connectivity index (χ2n) is 7.82. The third kappa shape index (κ3) is 8.47. The number of halogens is 1. The van der Waals surface area contributed by atoms with E-state index in [9.17, 15) is 14.4 Å². The Bertz CT molecular complexity index is 495. The number of hydrogen-bond donors (Lipinski definition) is 3. The van der Waals surface area contributed by atoms with Crippen molar-refractivity contribution in [2.45, 2.75) is 70.9 Å². The molecule has 0 bridgehead atoms. The Morgan fingerprint density at radius 3 is 2.59 bits per heavy atom. The molecule has 156 valence electrons. The molecule has 0 radical (unpaired) electrons. The van der Waals surface area contributed by atoms with Crippen molar-refractivity contribution in [2.75, 3.05) is 26.2 Å². The Labute approximate surface area is 168 Å². The predicted octanol–water partition coefficient (Wildman–Crippen LogP) is 1.21. The highest BCUT2D eigenvalue weighted by Crippen LogP contribution is 2.17. The summed E-state index contributed by atoms with van der Waals surface area (Å²) in [7, 11) is 0. The van der Waals surface area contributed by atoms with Gasteiger partial charge in [-0.05, 0) is 58.4 Å².